The van der Waals surface area contributed by atoms with E-state index in [2.05, 4.69) is 15.4 Å². The van der Waals surface area contributed by atoms with Gasteiger partial charge in [0.25, 0.3) is 11.5 Å². The predicted octanol–water partition coefficient (Wildman–Crippen LogP) is 1.55. The van der Waals surface area contributed by atoms with Crippen LogP contribution in [0.5, 0.6) is 0 Å². The second-order valence-corrected chi connectivity index (χ2v) is 4.83. The van der Waals surface area contributed by atoms with Gasteiger partial charge in [0.2, 0.25) is 0 Å². The first-order valence-corrected chi connectivity index (χ1v) is 6.36. The van der Waals surface area contributed by atoms with Crippen molar-refractivity contribution in [2.75, 3.05) is 5.32 Å². The van der Waals surface area contributed by atoms with Gasteiger partial charge in [-0.15, -0.1) is 0 Å². The second kappa shape index (κ2) is 6.10. The van der Waals surface area contributed by atoms with Crippen LogP contribution in [0, 0.1) is 5.92 Å². The molecule has 0 bridgehead atoms. The van der Waals surface area contributed by atoms with Gasteiger partial charge in [-0.3, -0.25) is 14.6 Å². The molecule has 6 heteroatoms. The molecular formula is C14H16N4O2. The maximum Gasteiger partial charge on any atom is 0.276 e. The number of carbonyl (C=O) groups is 1. The van der Waals surface area contributed by atoms with Crippen molar-refractivity contribution in [3.05, 3.63) is 52.7 Å². The molecule has 2 aromatic heterocycles. The van der Waals surface area contributed by atoms with Gasteiger partial charge in [0.05, 0.1) is 11.9 Å². The molecule has 0 fully saturated rings. The highest BCUT2D eigenvalue weighted by molar-refractivity contribution is 6.02. The Kier molecular flexibility index (Phi) is 4.24. The van der Waals surface area contributed by atoms with Crippen molar-refractivity contribution in [1.82, 2.24) is 14.8 Å². The lowest BCUT2D eigenvalue weighted by molar-refractivity contribution is 0.101. The van der Waals surface area contributed by atoms with E-state index >= 15 is 0 Å². The summed E-state index contributed by atoms with van der Waals surface area (Å²) < 4.78 is 1.31. The lowest BCUT2D eigenvalue weighted by atomic mass is 10.2. The zero-order valence-electron chi connectivity index (χ0n) is 11.4. The first kappa shape index (κ1) is 13.9. The molecule has 1 N–H and O–H groups in total. The van der Waals surface area contributed by atoms with Gasteiger partial charge in [0.1, 0.15) is 5.69 Å². The van der Waals surface area contributed by atoms with Crippen LogP contribution < -0.4 is 10.9 Å². The van der Waals surface area contributed by atoms with E-state index in [0.717, 1.165) is 0 Å². The summed E-state index contributed by atoms with van der Waals surface area (Å²) in [5.74, 6) is -0.0904. The van der Waals surface area contributed by atoms with Gasteiger partial charge in [-0.2, -0.15) is 5.10 Å². The monoisotopic (exact) mass is 272 g/mol. The normalized spacial score (nSPS) is 10.6. The highest BCUT2D eigenvalue weighted by Gasteiger charge is 2.10. The first-order chi connectivity index (χ1) is 9.56. The predicted molar refractivity (Wildman–Crippen MR) is 75.5 cm³/mol. The average molecular weight is 272 g/mol. The fourth-order valence-electron chi connectivity index (χ4n) is 1.68. The van der Waals surface area contributed by atoms with E-state index in [1.807, 2.05) is 13.8 Å². The van der Waals surface area contributed by atoms with E-state index < -0.39 is 0 Å². The minimum Gasteiger partial charge on any atom is -0.319 e. The standard InChI is InChI=1S/C14H16N4O2/c1-10(2)9-18-13(19)6-5-12(17-18)14(20)16-11-4-3-7-15-8-11/h3-8,10H,9H2,1-2H3,(H,16,20). The molecule has 2 aromatic rings. The largest absolute Gasteiger partial charge is 0.319 e. The summed E-state index contributed by atoms with van der Waals surface area (Å²) in [5.41, 5.74) is 0.576. The number of amides is 1. The zero-order valence-corrected chi connectivity index (χ0v) is 11.4. The van der Waals surface area contributed by atoms with E-state index in [1.165, 1.54) is 16.8 Å². The molecule has 0 aromatic carbocycles. The summed E-state index contributed by atoms with van der Waals surface area (Å²) in [6, 6.07) is 6.23. The van der Waals surface area contributed by atoms with Gasteiger partial charge in [-0.05, 0) is 24.1 Å². The summed E-state index contributed by atoms with van der Waals surface area (Å²) in [4.78, 5) is 27.6. The lowest BCUT2D eigenvalue weighted by Gasteiger charge is -2.09. The Morgan fingerprint density at radius 2 is 2.15 bits per heavy atom. The molecule has 0 spiro atoms. The zero-order chi connectivity index (χ0) is 14.5. The lowest BCUT2D eigenvalue weighted by Crippen LogP contribution is -2.27. The van der Waals surface area contributed by atoms with Gasteiger partial charge in [0.15, 0.2) is 0 Å². The smallest absolute Gasteiger partial charge is 0.276 e. The number of anilines is 1. The number of hydrogen-bond acceptors (Lipinski definition) is 4. The molecule has 2 rings (SSSR count). The van der Waals surface area contributed by atoms with Crippen molar-refractivity contribution in [3.8, 4) is 0 Å². The van der Waals surface area contributed by atoms with Crippen molar-refractivity contribution >= 4 is 11.6 Å². The SMILES string of the molecule is CC(C)Cn1nc(C(=O)Nc2cccnc2)ccc1=O. The van der Waals surface area contributed by atoms with E-state index in [1.54, 1.807) is 24.5 Å². The molecule has 2 heterocycles. The van der Waals surface area contributed by atoms with Crippen molar-refractivity contribution in [3.63, 3.8) is 0 Å². The summed E-state index contributed by atoms with van der Waals surface area (Å²) in [5, 5.41) is 6.76. The highest BCUT2D eigenvalue weighted by atomic mass is 16.2. The second-order valence-electron chi connectivity index (χ2n) is 4.83. The molecule has 0 unspecified atom stereocenters. The number of pyridine rings is 1. The Labute approximate surface area is 116 Å². The molecular weight excluding hydrogens is 256 g/mol. The molecule has 1 amide bonds. The fraction of sp³-hybridized carbons (Fsp3) is 0.286. The van der Waals surface area contributed by atoms with Gasteiger partial charge < -0.3 is 5.32 Å². The van der Waals surface area contributed by atoms with E-state index in [4.69, 9.17) is 0 Å². The van der Waals surface area contributed by atoms with Gasteiger partial charge in [0, 0.05) is 18.8 Å². The third-order valence-electron chi connectivity index (χ3n) is 2.56. The number of rotatable bonds is 4. The van der Waals surface area contributed by atoms with Crippen LogP contribution in [0.3, 0.4) is 0 Å². The van der Waals surface area contributed by atoms with Crippen LogP contribution in [0.2, 0.25) is 0 Å². The van der Waals surface area contributed by atoms with Crippen LogP contribution in [0.4, 0.5) is 5.69 Å². The van der Waals surface area contributed by atoms with Crippen LogP contribution in [0.25, 0.3) is 0 Å². The fourth-order valence-corrected chi connectivity index (χ4v) is 1.68. The van der Waals surface area contributed by atoms with Crippen LogP contribution >= 0.6 is 0 Å². The van der Waals surface area contributed by atoms with Gasteiger partial charge in [-0.25, -0.2) is 4.68 Å². The molecule has 0 saturated heterocycles. The van der Waals surface area contributed by atoms with Crippen molar-refractivity contribution in [1.29, 1.82) is 0 Å². The number of nitrogens with zero attached hydrogens (tertiary/aromatic N) is 3. The molecule has 0 aliphatic rings. The molecule has 6 nitrogen and oxygen atoms in total. The van der Waals surface area contributed by atoms with Crippen molar-refractivity contribution < 1.29 is 4.79 Å². The van der Waals surface area contributed by atoms with Crippen LogP contribution in [-0.2, 0) is 6.54 Å². The number of carbonyl (C=O) groups excluding carboxylic acids is 1. The number of aromatic nitrogens is 3. The Bertz CT molecular complexity index is 650. The highest BCUT2D eigenvalue weighted by Crippen LogP contribution is 2.05. The molecule has 0 atom stereocenters. The van der Waals surface area contributed by atoms with E-state index in [9.17, 15) is 9.59 Å². The van der Waals surface area contributed by atoms with Crippen LogP contribution in [0.1, 0.15) is 24.3 Å². The maximum absolute atomic E-state index is 12.0. The van der Waals surface area contributed by atoms with Gasteiger partial charge >= 0.3 is 0 Å². The van der Waals surface area contributed by atoms with Crippen molar-refractivity contribution in [2.45, 2.75) is 20.4 Å². The molecule has 20 heavy (non-hydrogen) atoms. The summed E-state index contributed by atoms with van der Waals surface area (Å²) in [7, 11) is 0. The Hall–Kier alpha value is -2.50. The third kappa shape index (κ3) is 3.50. The Balaban J connectivity index is 2.20. The van der Waals surface area contributed by atoms with Crippen LogP contribution in [0.15, 0.2) is 41.5 Å². The molecule has 0 radical (unpaired) electrons. The minimum absolute atomic E-state index is 0.203. The van der Waals surface area contributed by atoms with E-state index in [-0.39, 0.29) is 23.1 Å². The number of hydrogen-bond donors (Lipinski definition) is 1. The third-order valence-corrected chi connectivity index (χ3v) is 2.56. The van der Waals surface area contributed by atoms with Crippen molar-refractivity contribution in [2.24, 2.45) is 5.92 Å². The average Bonchev–Trinajstić information content (AvgIpc) is 2.42. The first-order valence-electron chi connectivity index (χ1n) is 6.36. The summed E-state index contributed by atoms with van der Waals surface area (Å²) in [6.45, 7) is 4.44. The summed E-state index contributed by atoms with van der Waals surface area (Å²) in [6.07, 6.45) is 3.17. The molecule has 0 aliphatic heterocycles. The van der Waals surface area contributed by atoms with Gasteiger partial charge in [-0.1, -0.05) is 13.8 Å². The van der Waals surface area contributed by atoms with Crippen LogP contribution in [-0.4, -0.2) is 20.7 Å². The Morgan fingerprint density at radius 1 is 1.35 bits per heavy atom. The molecule has 0 saturated carbocycles. The molecule has 0 aliphatic carbocycles. The van der Waals surface area contributed by atoms with E-state index in [0.29, 0.717) is 12.2 Å². The maximum atomic E-state index is 12.0. The Morgan fingerprint density at radius 3 is 2.80 bits per heavy atom. The number of nitrogens with one attached hydrogen (secondary N) is 1. The minimum atomic E-state index is -0.365. The molecule has 104 valence electrons. The quantitative estimate of drug-likeness (QED) is 0.916. The topological polar surface area (TPSA) is 76.9 Å². The summed E-state index contributed by atoms with van der Waals surface area (Å²) >= 11 is 0.